The Kier molecular flexibility index (Phi) is 6.10. The van der Waals surface area contributed by atoms with Crippen LogP contribution in [0.2, 0.25) is 0 Å². The van der Waals surface area contributed by atoms with Crippen molar-refractivity contribution in [2.45, 2.75) is 13.8 Å². The third-order valence-electron chi connectivity index (χ3n) is 1.69. The molecule has 1 heterocycles. The minimum absolute atomic E-state index is 0. The Bertz CT molecular complexity index is 316. The normalized spacial score (nSPS) is 9.69. The summed E-state index contributed by atoms with van der Waals surface area (Å²) in [6, 6.07) is 2.03. The van der Waals surface area contributed by atoms with Gasteiger partial charge in [-0.3, -0.25) is 6.08 Å². The van der Waals surface area contributed by atoms with E-state index in [0.29, 0.717) is 0 Å². The molecule has 0 aliphatic carbocycles. The standard InChI is InChI=1S/C11H11N.Y/c1-4-5-6-11-7-9(2)10(3)12-8-11;/h1,4-5,7-8H,2-3H3;/q-2;. The molecule has 0 spiro atoms. The molecular weight excluding hydrogens is 235 g/mol. The van der Waals surface area contributed by atoms with E-state index in [0.717, 1.165) is 11.3 Å². The van der Waals surface area contributed by atoms with Crippen LogP contribution in [-0.2, 0) is 32.7 Å². The van der Waals surface area contributed by atoms with E-state index in [-0.39, 0.29) is 32.7 Å². The van der Waals surface area contributed by atoms with Gasteiger partial charge in [0, 0.05) is 38.4 Å². The second-order valence-electron chi connectivity index (χ2n) is 2.63. The van der Waals surface area contributed by atoms with Crippen LogP contribution in [0, 0.1) is 26.5 Å². The van der Waals surface area contributed by atoms with E-state index >= 15 is 0 Å². The first-order valence-corrected chi connectivity index (χ1v) is 3.80. The summed E-state index contributed by atoms with van der Waals surface area (Å²) >= 11 is 0. The Balaban J connectivity index is 0.00000144. The van der Waals surface area contributed by atoms with Crippen molar-refractivity contribution in [1.82, 2.24) is 4.98 Å². The zero-order valence-corrected chi connectivity index (χ0v) is 10.7. The first-order chi connectivity index (χ1) is 5.74. The van der Waals surface area contributed by atoms with Crippen molar-refractivity contribution in [2.24, 2.45) is 0 Å². The molecule has 0 fully saturated rings. The van der Waals surface area contributed by atoms with Gasteiger partial charge >= 0.3 is 0 Å². The molecule has 0 aliphatic heterocycles. The number of allylic oxidation sites excluding steroid dienone is 2. The van der Waals surface area contributed by atoms with Crippen LogP contribution in [0.4, 0.5) is 0 Å². The maximum atomic E-state index is 5.18. The predicted octanol–water partition coefficient (Wildman–Crippen LogP) is 2.39. The molecule has 0 amide bonds. The van der Waals surface area contributed by atoms with Crippen molar-refractivity contribution in [3.63, 3.8) is 0 Å². The molecule has 1 radical (unpaired) electrons. The summed E-state index contributed by atoms with van der Waals surface area (Å²) in [7, 11) is 0. The molecule has 1 nitrogen and oxygen atoms in total. The molecule has 0 saturated carbocycles. The second-order valence-corrected chi connectivity index (χ2v) is 2.63. The van der Waals surface area contributed by atoms with Gasteiger partial charge in [0.05, 0.1) is 0 Å². The smallest absolute Gasteiger partial charge is 0.0196 e. The van der Waals surface area contributed by atoms with Crippen LogP contribution in [0.5, 0.6) is 0 Å². The number of aryl methyl sites for hydroxylation is 2. The Hall–Kier alpha value is -0.266. The number of pyridine rings is 1. The van der Waals surface area contributed by atoms with E-state index in [1.165, 1.54) is 11.6 Å². The van der Waals surface area contributed by atoms with Crippen molar-refractivity contribution in [1.29, 1.82) is 0 Å². The molecule has 0 bridgehead atoms. The minimum atomic E-state index is 0. The third-order valence-corrected chi connectivity index (χ3v) is 1.69. The zero-order valence-electron chi connectivity index (χ0n) is 7.91. The van der Waals surface area contributed by atoms with Crippen LogP contribution in [0.25, 0.3) is 0 Å². The van der Waals surface area contributed by atoms with E-state index in [4.69, 9.17) is 6.58 Å². The molecule has 1 aromatic heterocycles. The molecule has 0 N–H and O–H groups in total. The van der Waals surface area contributed by atoms with Crippen LogP contribution in [-0.4, -0.2) is 4.98 Å². The van der Waals surface area contributed by atoms with Crippen LogP contribution in [0.15, 0.2) is 24.4 Å². The van der Waals surface area contributed by atoms with Gasteiger partial charge in [0.1, 0.15) is 0 Å². The maximum absolute atomic E-state index is 5.18. The summed E-state index contributed by atoms with van der Waals surface area (Å²) in [5.41, 5.74) is 3.18. The predicted molar refractivity (Wildman–Crippen MR) is 49.5 cm³/mol. The van der Waals surface area contributed by atoms with Gasteiger partial charge in [0.15, 0.2) is 0 Å². The molecule has 1 aromatic rings. The van der Waals surface area contributed by atoms with E-state index in [2.05, 4.69) is 11.1 Å². The number of hydrogen-bond acceptors (Lipinski definition) is 1. The second kappa shape index (κ2) is 6.23. The first-order valence-electron chi connectivity index (χ1n) is 3.80. The van der Waals surface area contributed by atoms with Gasteiger partial charge < -0.3 is 17.6 Å². The van der Waals surface area contributed by atoms with Gasteiger partial charge in [-0.25, -0.2) is 6.08 Å². The van der Waals surface area contributed by atoms with Crippen LogP contribution >= 0.6 is 0 Å². The van der Waals surface area contributed by atoms with Crippen molar-refractivity contribution in [2.75, 3.05) is 0 Å². The molecule has 0 unspecified atom stereocenters. The largest absolute Gasteiger partial charge is 0.344 e. The van der Waals surface area contributed by atoms with E-state index in [1.54, 1.807) is 12.3 Å². The zero-order chi connectivity index (χ0) is 8.97. The van der Waals surface area contributed by atoms with Crippen molar-refractivity contribution in [3.8, 4) is 0 Å². The fraction of sp³-hybridized carbons (Fsp3) is 0.182. The SMILES string of the molecule is [CH-]=CC=[C-]c1cnc(C)c(C)c1.[Y]. The van der Waals surface area contributed by atoms with E-state index < -0.39 is 0 Å². The fourth-order valence-electron chi connectivity index (χ4n) is 0.866. The Morgan fingerprint density at radius 3 is 2.69 bits per heavy atom. The summed E-state index contributed by atoms with van der Waals surface area (Å²) < 4.78 is 0. The van der Waals surface area contributed by atoms with Crippen LogP contribution in [0.3, 0.4) is 0 Å². The molecule has 1 rings (SSSR count). The Morgan fingerprint density at radius 1 is 1.46 bits per heavy atom. The van der Waals surface area contributed by atoms with Gasteiger partial charge in [-0.1, -0.05) is 5.56 Å². The minimum Gasteiger partial charge on any atom is -0.344 e. The van der Waals surface area contributed by atoms with Crippen molar-refractivity contribution >= 4 is 0 Å². The topological polar surface area (TPSA) is 12.9 Å². The molecule has 13 heavy (non-hydrogen) atoms. The monoisotopic (exact) mass is 246 g/mol. The summed E-state index contributed by atoms with van der Waals surface area (Å²) in [4.78, 5) is 4.19. The van der Waals surface area contributed by atoms with Gasteiger partial charge in [0.2, 0.25) is 0 Å². The molecule has 0 saturated heterocycles. The Labute approximate surface area is 105 Å². The molecule has 65 valence electrons. The summed E-state index contributed by atoms with van der Waals surface area (Å²) in [5, 5.41) is 0. The molecule has 0 aliphatic rings. The van der Waals surface area contributed by atoms with E-state index in [9.17, 15) is 0 Å². The maximum Gasteiger partial charge on any atom is 0.0196 e. The van der Waals surface area contributed by atoms with Crippen LogP contribution in [0.1, 0.15) is 16.8 Å². The molecular formula is C11H11NY-2. The quantitative estimate of drug-likeness (QED) is 0.576. The first kappa shape index (κ1) is 12.7. The van der Waals surface area contributed by atoms with Crippen LogP contribution < -0.4 is 0 Å². The fourth-order valence-corrected chi connectivity index (χ4v) is 0.866. The average molecular weight is 246 g/mol. The number of rotatable bonds is 2. The molecule has 0 aromatic carbocycles. The van der Waals surface area contributed by atoms with Gasteiger partial charge in [-0.2, -0.15) is 5.56 Å². The molecule has 2 heteroatoms. The molecule has 0 atom stereocenters. The van der Waals surface area contributed by atoms with Crippen molar-refractivity contribution in [3.05, 3.63) is 53.9 Å². The van der Waals surface area contributed by atoms with Gasteiger partial charge in [-0.05, 0) is 20.0 Å². The average Bonchev–Trinajstić information content (AvgIpc) is 2.07. The number of hydrogen-bond donors (Lipinski definition) is 0. The van der Waals surface area contributed by atoms with Gasteiger partial charge in [-0.15, -0.1) is 6.07 Å². The summed E-state index contributed by atoms with van der Waals surface area (Å²) in [5.74, 6) is 0. The Morgan fingerprint density at radius 2 is 2.15 bits per heavy atom. The third kappa shape index (κ3) is 3.97. The van der Waals surface area contributed by atoms with Crippen molar-refractivity contribution < 1.29 is 32.7 Å². The number of aromatic nitrogens is 1. The summed E-state index contributed by atoms with van der Waals surface area (Å²) in [6.45, 7) is 9.19. The van der Waals surface area contributed by atoms with Gasteiger partial charge in [0.25, 0.3) is 0 Å². The summed E-state index contributed by atoms with van der Waals surface area (Å²) in [6.07, 6.45) is 7.90. The number of nitrogens with zero attached hydrogens (tertiary/aromatic N) is 1. The van der Waals surface area contributed by atoms with E-state index in [1.807, 2.05) is 19.9 Å².